The molecule has 2 aromatic rings. The van der Waals surface area contributed by atoms with Crippen LogP contribution in [0.3, 0.4) is 0 Å². The van der Waals surface area contributed by atoms with Gasteiger partial charge in [-0.1, -0.05) is 5.16 Å². The second-order valence-corrected chi connectivity index (χ2v) is 4.27. The van der Waals surface area contributed by atoms with E-state index in [1.165, 1.54) is 12.3 Å². The fourth-order valence-electron chi connectivity index (χ4n) is 1.52. The van der Waals surface area contributed by atoms with E-state index in [-0.39, 0.29) is 11.6 Å². The second-order valence-electron chi connectivity index (χ2n) is 4.27. The van der Waals surface area contributed by atoms with Crippen molar-refractivity contribution in [2.75, 3.05) is 20.6 Å². The van der Waals surface area contributed by atoms with E-state index in [0.29, 0.717) is 23.8 Å². The van der Waals surface area contributed by atoms with E-state index in [4.69, 9.17) is 10.3 Å². The highest BCUT2D eigenvalue weighted by atomic mass is 16.5. The molecule has 0 fully saturated rings. The Morgan fingerprint density at radius 3 is 2.89 bits per heavy atom. The first-order valence-electron chi connectivity index (χ1n) is 5.49. The number of H-pyrrole nitrogens is 1. The predicted octanol–water partition coefficient (Wildman–Crippen LogP) is -0.0137. The van der Waals surface area contributed by atoms with Crippen molar-refractivity contribution in [2.45, 2.75) is 6.04 Å². The molecule has 0 saturated carbocycles. The standard InChI is InChI=1S/C11H15N5O2/c1-16(2)6-8(12)10-14-11(18-15-10)7-3-4-9(17)13-5-7/h3-5,8H,6,12H2,1-2H3,(H,13,17). The van der Waals surface area contributed by atoms with Gasteiger partial charge in [0.2, 0.25) is 5.56 Å². The van der Waals surface area contributed by atoms with Crippen LogP contribution in [0.25, 0.3) is 11.5 Å². The molecule has 0 amide bonds. The number of rotatable bonds is 4. The molecular weight excluding hydrogens is 234 g/mol. The second kappa shape index (κ2) is 5.11. The number of aromatic amines is 1. The van der Waals surface area contributed by atoms with Crippen LogP contribution in [0.1, 0.15) is 11.9 Å². The van der Waals surface area contributed by atoms with Crippen LogP contribution in [0, 0.1) is 0 Å². The lowest BCUT2D eigenvalue weighted by molar-refractivity contribution is 0.357. The summed E-state index contributed by atoms with van der Waals surface area (Å²) in [5, 5.41) is 3.84. The highest BCUT2D eigenvalue weighted by molar-refractivity contribution is 5.50. The van der Waals surface area contributed by atoms with Gasteiger partial charge in [-0.15, -0.1) is 0 Å². The molecule has 0 aliphatic rings. The first kappa shape index (κ1) is 12.5. The zero-order valence-electron chi connectivity index (χ0n) is 10.3. The number of likely N-dealkylation sites (N-methyl/N-ethyl adjacent to an activating group) is 1. The summed E-state index contributed by atoms with van der Waals surface area (Å²) >= 11 is 0. The van der Waals surface area contributed by atoms with Gasteiger partial charge in [-0.25, -0.2) is 0 Å². The maximum Gasteiger partial charge on any atom is 0.259 e. The molecule has 1 unspecified atom stereocenters. The quantitative estimate of drug-likeness (QED) is 0.790. The van der Waals surface area contributed by atoms with Gasteiger partial charge in [0.25, 0.3) is 5.89 Å². The molecule has 0 radical (unpaired) electrons. The summed E-state index contributed by atoms with van der Waals surface area (Å²) in [6, 6.07) is 2.72. The zero-order chi connectivity index (χ0) is 13.1. The van der Waals surface area contributed by atoms with Gasteiger partial charge in [0, 0.05) is 18.8 Å². The summed E-state index contributed by atoms with van der Waals surface area (Å²) in [6.07, 6.45) is 1.52. The molecule has 2 aromatic heterocycles. The van der Waals surface area contributed by atoms with Gasteiger partial charge in [0.15, 0.2) is 5.82 Å². The Labute approximate surface area is 104 Å². The Balaban J connectivity index is 2.20. The minimum Gasteiger partial charge on any atom is -0.334 e. The number of hydrogen-bond acceptors (Lipinski definition) is 6. The lowest BCUT2D eigenvalue weighted by Gasteiger charge is -2.12. The number of nitrogens with zero attached hydrogens (tertiary/aromatic N) is 3. The third-order valence-electron chi connectivity index (χ3n) is 2.37. The van der Waals surface area contributed by atoms with Gasteiger partial charge in [-0.05, 0) is 20.2 Å². The topological polar surface area (TPSA) is 101 Å². The molecule has 2 heterocycles. The molecule has 96 valence electrons. The fourth-order valence-corrected chi connectivity index (χ4v) is 1.52. The van der Waals surface area contributed by atoms with Gasteiger partial charge in [-0.2, -0.15) is 4.98 Å². The Morgan fingerprint density at radius 2 is 2.28 bits per heavy atom. The summed E-state index contributed by atoms with van der Waals surface area (Å²) in [5.41, 5.74) is 6.41. The van der Waals surface area contributed by atoms with Crippen molar-refractivity contribution >= 4 is 0 Å². The zero-order valence-corrected chi connectivity index (χ0v) is 10.3. The van der Waals surface area contributed by atoms with Crippen molar-refractivity contribution in [3.05, 3.63) is 34.5 Å². The van der Waals surface area contributed by atoms with Crippen LogP contribution in [0.2, 0.25) is 0 Å². The Kier molecular flexibility index (Phi) is 3.54. The van der Waals surface area contributed by atoms with Crippen molar-refractivity contribution in [3.8, 4) is 11.5 Å². The number of nitrogens with one attached hydrogen (secondary N) is 1. The number of nitrogens with two attached hydrogens (primary N) is 1. The highest BCUT2D eigenvalue weighted by Gasteiger charge is 2.15. The molecular formula is C11H15N5O2. The molecule has 1 atom stereocenters. The van der Waals surface area contributed by atoms with Crippen molar-refractivity contribution in [1.29, 1.82) is 0 Å². The van der Waals surface area contributed by atoms with Crippen molar-refractivity contribution in [2.24, 2.45) is 5.73 Å². The van der Waals surface area contributed by atoms with Crippen LogP contribution >= 0.6 is 0 Å². The minimum atomic E-state index is -0.305. The van der Waals surface area contributed by atoms with Crippen LogP contribution in [0.15, 0.2) is 27.6 Å². The normalized spacial score (nSPS) is 12.9. The maximum atomic E-state index is 10.9. The van der Waals surface area contributed by atoms with E-state index >= 15 is 0 Å². The molecule has 0 bridgehead atoms. The van der Waals surface area contributed by atoms with Crippen LogP contribution in [-0.2, 0) is 0 Å². The van der Waals surface area contributed by atoms with E-state index in [2.05, 4.69) is 15.1 Å². The lowest BCUT2D eigenvalue weighted by Crippen LogP contribution is -2.26. The fraction of sp³-hybridized carbons (Fsp3) is 0.364. The SMILES string of the molecule is CN(C)CC(N)c1noc(-c2ccc(=O)[nH]c2)n1. The summed E-state index contributed by atoms with van der Waals surface area (Å²) in [7, 11) is 3.84. The predicted molar refractivity (Wildman–Crippen MR) is 65.8 cm³/mol. The lowest BCUT2D eigenvalue weighted by atomic mass is 10.2. The molecule has 0 aliphatic carbocycles. The highest BCUT2D eigenvalue weighted by Crippen LogP contribution is 2.16. The smallest absolute Gasteiger partial charge is 0.259 e. The van der Waals surface area contributed by atoms with Gasteiger partial charge < -0.3 is 20.1 Å². The van der Waals surface area contributed by atoms with Gasteiger partial charge >= 0.3 is 0 Å². The Bertz CT molecular complexity index is 554. The van der Waals surface area contributed by atoms with E-state index in [9.17, 15) is 4.79 Å². The largest absolute Gasteiger partial charge is 0.334 e. The molecule has 18 heavy (non-hydrogen) atoms. The first-order valence-corrected chi connectivity index (χ1v) is 5.49. The van der Waals surface area contributed by atoms with Gasteiger partial charge in [0.1, 0.15) is 0 Å². The Hall–Kier alpha value is -1.99. The molecule has 0 aromatic carbocycles. The summed E-state index contributed by atoms with van der Waals surface area (Å²) in [6.45, 7) is 0.630. The van der Waals surface area contributed by atoms with E-state index in [0.717, 1.165) is 0 Å². The average molecular weight is 249 g/mol. The number of aromatic nitrogens is 3. The molecule has 0 saturated heterocycles. The van der Waals surface area contributed by atoms with Crippen LogP contribution in [0.4, 0.5) is 0 Å². The average Bonchev–Trinajstić information content (AvgIpc) is 2.78. The van der Waals surface area contributed by atoms with Crippen molar-refractivity contribution in [3.63, 3.8) is 0 Å². The monoisotopic (exact) mass is 249 g/mol. The first-order chi connectivity index (χ1) is 8.56. The van der Waals surface area contributed by atoms with Crippen LogP contribution in [-0.4, -0.2) is 40.7 Å². The summed E-state index contributed by atoms with van der Waals surface area (Å²) < 4.78 is 5.11. The Morgan fingerprint density at radius 1 is 1.50 bits per heavy atom. The van der Waals surface area contributed by atoms with Crippen molar-refractivity contribution < 1.29 is 4.52 Å². The van der Waals surface area contributed by atoms with E-state index in [1.54, 1.807) is 6.07 Å². The van der Waals surface area contributed by atoms with Crippen molar-refractivity contribution in [1.82, 2.24) is 20.0 Å². The molecule has 0 spiro atoms. The molecule has 7 heteroatoms. The molecule has 3 N–H and O–H groups in total. The molecule has 7 nitrogen and oxygen atoms in total. The molecule has 2 rings (SSSR count). The molecule has 0 aliphatic heterocycles. The third-order valence-corrected chi connectivity index (χ3v) is 2.37. The van der Waals surface area contributed by atoms with Gasteiger partial charge in [-0.3, -0.25) is 4.79 Å². The van der Waals surface area contributed by atoms with Gasteiger partial charge in [0.05, 0.1) is 11.6 Å². The van der Waals surface area contributed by atoms with E-state index in [1.807, 2.05) is 19.0 Å². The minimum absolute atomic E-state index is 0.178. The number of pyridine rings is 1. The third kappa shape index (κ3) is 2.82. The van der Waals surface area contributed by atoms with Crippen LogP contribution < -0.4 is 11.3 Å². The summed E-state index contributed by atoms with van der Waals surface area (Å²) in [5.74, 6) is 0.792. The summed E-state index contributed by atoms with van der Waals surface area (Å²) in [4.78, 5) is 19.6. The number of hydrogen-bond donors (Lipinski definition) is 2. The van der Waals surface area contributed by atoms with E-state index < -0.39 is 0 Å². The van der Waals surface area contributed by atoms with Crippen LogP contribution in [0.5, 0.6) is 0 Å². The maximum absolute atomic E-state index is 10.9.